The van der Waals surface area contributed by atoms with Gasteiger partial charge >= 0.3 is 0 Å². The molecule has 0 fully saturated rings. The summed E-state index contributed by atoms with van der Waals surface area (Å²) in [7, 11) is 0. The smallest absolute Gasteiger partial charge is 0.114 e. The van der Waals surface area contributed by atoms with E-state index < -0.39 is 0 Å². The van der Waals surface area contributed by atoms with Crippen LogP contribution in [0.15, 0.2) is 34.4 Å². The van der Waals surface area contributed by atoms with Gasteiger partial charge < -0.3 is 0 Å². The first kappa shape index (κ1) is 9.82. The molecule has 60 valence electrons. The number of aliphatic imine (C=N–C) groups is 2. The normalized spacial score (nSPS) is 13.1. The van der Waals surface area contributed by atoms with E-state index in [0.29, 0.717) is 0 Å². The van der Waals surface area contributed by atoms with Crippen molar-refractivity contribution in [1.82, 2.24) is 0 Å². The van der Waals surface area contributed by atoms with E-state index in [1.54, 1.807) is 18.5 Å². The van der Waals surface area contributed by atoms with E-state index >= 15 is 0 Å². The molecule has 11 heavy (non-hydrogen) atoms. The molecule has 0 amide bonds. The average molecular weight is 150 g/mol. The Morgan fingerprint density at radius 2 is 2.18 bits per heavy atom. The molecule has 0 aliphatic rings. The van der Waals surface area contributed by atoms with Crippen molar-refractivity contribution in [1.29, 1.82) is 0 Å². The first-order chi connectivity index (χ1) is 5.35. The minimum absolute atomic E-state index is 0.955. The summed E-state index contributed by atoms with van der Waals surface area (Å²) < 4.78 is 0. The molecule has 0 unspecified atom stereocenters. The number of allylic oxidation sites excluding steroid dienone is 2. The molecule has 0 N–H and O–H groups in total. The zero-order chi connectivity index (χ0) is 8.53. The SMILES string of the molecule is C=C/C(=C\N=CN=CC)CC. The van der Waals surface area contributed by atoms with Crippen LogP contribution in [0.3, 0.4) is 0 Å². The van der Waals surface area contributed by atoms with E-state index in [-0.39, 0.29) is 0 Å². The molecule has 0 aliphatic heterocycles. The quantitative estimate of drug-likeness (QED) is 0.334. The molecule has 0 saturated carbocycles. The Morgan fingerprint density at radius 1 is 1.45 bits per heavy atom. The van der Waals surface area contributed by atoms with E-state index in [9.17, 15) is 0 Å². The van der Waals surface area contributed by atoms with Gasteiger partial charge in [0.15, 0.2) is 0 Å². The predicted octanol–water partition coefficient (Wildman–Crippen LogP) is 2.59. The Balaban J connectivity index is 3.97. The van der Waals surface area contributed by atoms with Crippen LogP contribution in [0.5, 0.6) is 0 Å². The minimum atomic E-state index is 0.955. The Labute approximate surface area is 68.1 Å². The van der Waals surface area contributed by atoms with Crippen molar-refractivity contribution in [3.05, 3.63) is 24.4 Å². The molecule has 0 atom stereocenters. The number of nitrogens with zero attached hydrogens (tertiary/aromatic N) is 2. The van der Waals surface area contributed by atoms with Gasteiger partial charge in [-0.15, -0.1) is 0 Å². The fourth-order valence-electron chi connectivity index (χ4n) is 0.523. The molecule has 2 heteroatoms. The standard InChI is InChI=1S/C9H14N2/c1-4-9(5-2)7-11-8-10-6-3/h4,6-8H,1,5H2,2-3H3/b9-7+,10-6?,11-8?. The van der Waals surface area contributed by atoms with Gasteiger partial charge in [0.05, 0.1) is 0 Å². The van der Waals surface area contributed by atoms with Crippen LogP contribution < -0.4 is 0 Å². The van der Waals surface area contributed by atoms with E-state index in [4.69, 9.17) is 0 Å². The molecule has 0 bridgehead atoms. The molecule has 0 saturated heterocycles. The summed E-state index contributed by atoms with van der Waals surface area (Å²) in [5.74, 6) is 0. The molecule has 0 rings (SSSR count). The van der Waals surface area contributed by atoms with Crippen molar-refractivity contribution >= 4 is 12.6 Å². The lowest BCUT2D eigenvalue weighted by molar-refractivity contribution is 1.14. The van der Waals surface area contributed by atoms with Crippen molar-refractivity contribution in [2.75, 3.05) is 0 Å². The minimum Gasteiger partial charge on any atom is -0.250 e. The molecular formula is C9H14N2. The van der Waals surface area contributed by atoms with Gasteiger partial charge in [-0.25, -0.2) is 9.98 Å². The highest BCUT2D eigenvalue weighted by Crippen LogP contribution is 1.99. The van der Waals surface area contributed by atoms with Gasteiger partial charge in [-0.2, -0.15) is 0 Å². The summed E-state index contributed by atoms with van der Waals surface area (Å²) in [6, 6.07) is 0. The monoisotopic (exact) mass is 150 g/mol. The Morgan fingerprint density at radius 3 is 2.64 bits per heavy atom. The van der Waals surface area contributed by atoms with Gasteiger partial charge in [0.1, 0.15) is 6.34 Å². The number of rotatable bonds is 4. The van der Waals surface area contributed by atoms with Crippen molar-refractivity contribution in [2.45, 2.75) is 20.3 Å². The van der Waals surface area contributed by atoms with Crippen molar-refractivity contribution in [2.24, 2.45) is 9.98 Å². The van der Waals surface area contributed by atoms with E-state index in [2.05, 4.69) is 23.5 Å². The van der Waals surface area contributed by atoms with E-state index in [1.165, 1.54) is 6.34 Å². The molecule has 0 spiro atoms. The van der Waals surface area contributed by atoms with Gasteiger partial charge in [0.2, 0.25) is 0 Å². The predicted molar refractivity (Wildman–Crippen MR) is 51.2 cm³/mol. The molecule has 0 heterocycles. The third-order valence-electron chi connectivity index (χ3n) is 1.19. The second-order valence-electron chi connectivity index (χ2n) is 1.93. The van der Waals surface area contributed by atoms with Crippen LogP contribution in [0.4, 0.5) is 0 Å². The van der Waals surface area contributed by atoms with Crippen LogP contribution in [0, 0.1) is 0 Å². The highest BCUT2D eigenvalue weighted by atomic mass is 14.8. The third-order valence-corrected chi connectivity index (χ3v) is 1.19. The molecular weight excluding hydrogens is 136 g/mol. The lowest BCUT2D eigenvalue weighted by atomic mass is 10.2. The molecule has 0 radical (unpaired) electrons. The van der Waals surface area contributed by atoms with Crippen LogP contribution in [-0.4, -0.2) is 12.6 Å². The van der Waals surface area contributed by atoms with Gasteiger partial charge in [-0.3, -0.25) is 0 Å². The Bertz CT molecular complexity index is 188. The first-order valence-corrected chi connectivity index (χ1v) is 3.66. The maximum absolute atomic E-state index is 3.95. The second kappa shape index (κ2) is 6.93. The summed E-state index contributed by atoms with van der Waals surface area (Å²) in [5, 5.41) is 0. The lowest BCUT2D eigenvalue weighted by Gasteiger charge is -1.89. The van der Waals surface area contributed by atoms with Crippen LogP contribution >= 0.6 is 0 Å². The summed E-state index contributed by atoms with van der Waals surface area (Å²) in [6.07, 6.45) is 7.72. The maximum atomic E-state index is 3.95. The third kappa shape index (κ3) is 5.27. The van der Waals surface area contributed by atoms with Crippen molar-refractivity contribution < 1.29 is 0 Å². The van der Waals surface area contributed by atoms with Crippen molar-refractivity contribution in [3.8, 4) is 0 Å². The summed E-state index contributed by atoms with van der Waals surface area (Å²) in [4.78, 5) is 7.76. The van der Waals surface area contributed by atoms with Gasteiger partial charge in [0.25, 0.3) is 0 Å². The fourth-order valence-corrected chi connectivity index (χ4v) is 0.523. The average Bonchev–Trinajstić information content (AvgIpc) is 2.05. The number of hydrogen-bond donors (Lipinski definition) is 0. The van der Waals surface area contributed by atoms with Gasteiger partial charge in [-0.1, -0.05) is 19.6 Å². The largest absolute Gasteiger partial charge is 0.250 e. The van der Waals surface area contributed by atoms with E-state index in [1.807, 2.05) is 6.92 Å². The maximum Gasteiger partial charge on any atom is 0.114 e. The number of hydrogen-bond acceptors (Lipinski definition) is 1. The second-order valence-corrected chi connectivity index (χ2v) is 1.93. The summed E-state index contributed by atoms with van der Waals surface area (Å²) >= 11 is 0. The molecule has 0 aliphatic carbocycles. The summed E-state index contributed by atoms with van der Waals surface area (Å²) in [6.45, 7) is 7.56. The Kier molecular flexibility index (Phi) is 6.19. The Hall–Kier alpha value is -1.18. The molecule has 0 aromatic heterocycles. The van der Waals surface area contributed by atoms with Crippen molar-refractivity contribution in [3.63, 3.8) is 0 Å². The summed E-state index contributed by atoms with van der Waals surface area (Å²) in [5.41, 5.74) is 1.12. The van der Waals surface area contributed by atoms with Gasteiger partial charge in [-0.05, 0) is 18.9 Å². The van der Waals surface area contributed by atoms with Gasteiger partial charge in [0, 0.05) is 12.4 Å². The van der Waals surface area contributed by atoms with Crippen LogP contribution in [0.1, 0.15) is 20.3 Å². The highest BCUT2D eigenvalue weighted by molar-refractivity contribution is 5.70. The lowest BCUT2D eigenvalue weighted by Crippen LogP contribution is -1.71. The highest BCUT2D eigenvalue weighted by Gasteiger charge is 1.81. The topological polar surface area (TPSA) is 24.7 Å². The zero-order valence-electron chi connectivity index (χ0n) is 7.12. The van der Waals surface area contributed by atoms with E-state index in [0.717, 1.165) is 12.0 Å². The van der Waals surface area contributed by atoms with Crippen LogP contribution in [-0.2, 0) is 0 Å². The molecule has 0 aromatic carbocycles. The van der Waals surface area contributed by atoms with Crippen LogP contribution in [0.2, 0.25) is 0 Å². The first-order valence-electron chi connectivity index (χ1n) is 3.66. The zero-order valence-corrected chi connectivity index (χ0v) is 7.12. The molecule has 2 nitrogen and oxygen atoms in total. The fraction of sp³-hybridized carbons (Fsp3) is 0.333. The molecule has 0 aromatic rings. The van der Waals surface area contributed by atoms with Crippen LogP contribution in [0.25, 0.3) is 0 Å².